The maximum atomic E-state index is 12.8. The van der Waals surface area contributed by atoms with Gasteiger partial charge in [-0.2, -0.15) is 0 Å². The second-order valence-electron chi connectivity index (χ2n) is 5.87. The molecule has 2 heterocycles. The van der Waals surface area contributed by atoms with Crippen molar-refractivity contribution in [3.8, 4) is 5.75 Å². The molecule has 0 saturated carbocycles. The van der Waals surface area contributed by atoms with Crippen LogP contribution in [0.15, 0.2) is 18.2 Å². The summed E-state index contributed by atoms with van der Waals surface area (Å²) in [5, 5.41) is 3.31. The van der Waals surface area contributed by atoms with E-state index < -0.39 is 0 Å². The molecule has 1 fully saturated rings. The maximum absolute atomic E-state index is 12.8. The van der Waals surface area contributed by atoms with Crippen LogP contribution in [0.4, 0.5) is 5.69 Å². The van der Waals surface area contributed by atoms with Gasteiger partial charge in [0.15, 0.2) is 0 Å². The largest absolute Gasteiger partial charge is 0.487 e. The molecule has 1 saturated heterocycles. The molecule has 2 aliphatic rings. The first-order chi connectivity index (χ1) is 9.65. The second-order valence-corrected chi connectivity index (χ2v) is 5.87. The minimum absolute atomic E-state index is 0.0509. The molecule has 1 aromatic rings. The quantitative estimate of drug-likeness (QED) is 0.853. The number of hydrogen-bond acceptors (Lipinski definition) is 3. The Labute approximate surface area is 120 Å². The molecule has 1 aromatic carbocycles. The van der Waals surface area contributed by atoms with Crippen LogP contribution in [0.3, 0.4) is 0 Å². The summed E-state index contributed by atoms with van der Waals surface area (Å²) in [6.07, 6.45) is 1.92. The molecule has 0 aromatic heterocycles. The number of piperidine rings is 1. The molecule has 1 N–H and O–H groups in total. The fourth-order valence-corrected chi connectivity index (χ4v) is 3.05. The molecule has 0 aliphatic carbocycles. The predicted molar refractivity (Wildman–Crippen MR) is 79.2 cm³/mol. The molecule has 2 aliphatic heterocycles. The molecule has 108 valence electrons. The number of amides is 1. The fourth-order valence-electron chi connectivity index (χ4n) is 3.05. The van der Waals surface area contributed by atoms with Gasteiger partial charge in [0.05, 0.1) is 12.2 Å². The Balaban J connectivity index is 1.88. The van der Waals surface area contributed by atoms with E-state index in [0.717, 1.165) is 42.9 Å². The fraction of sp³-hybridized carbons (Fsp3) is 0.562. The minimum Gasteiger partial charge on any atom is -0.487 e. The van der Waals surface area contributed by atoms with Gasteiger partial charge in [0.1, 0.15) is 11.9 Å². The van der Waals surface area contributed by atoms with Crippen molar-refractivity contribution < 1.29 is 9.53 Å². The first-order valence-electron chi connectivity index (χ1n) is 7.44. The highest BCUT2D eigenvalue weighted by atomic mass is 16.5. The summed E-state index contributed by atoms with van der Waals surface area (Å²) < 4.78 is 5.87. The number of hydrogen-bond donors (Lipinski definition) is 1. The zero-order chi connectivity index (χ0) is 14.1. The monoisotopic (exact) mass is 274 g/mol. The number of fused-ring (bicyclic) bond motifs is 1. The van der Waals surface area contributed by atoms with Crippen LogP contribution in [-0.4, -0.2) is 31.6 Å². The Morgan fingerprint density at radius 1 is 1.35 bits per heavy atom. The summed E-state index contributed by atoms with van der Waals surface area (Å²) in [5.74, 6) is 1.24. The molecule has 0 unspecified atom stereocenters. The Bertz CT molecular complexity index is 509. The molecule has 3 rings (SSSR count). The molecule has 4 nitrogen and oxygen atoms in total. The second kappa shape index (κ2) is 5.44. The Hall–Kier alpha value is -1.55. The molecule has 1 atom stereocenters. The van der Waals surface area contributed by atoms with Crippen molar-refractivity contribution in [1.29, 1.82) is 0 Å². The lowest BCUT2D eigenvalue weighted by atomic mass is 9.95. The highest BCUT2D eigenvalue weighted by molar-refractivity contribution is 5.97. The molecular formula is C16H22N2O2. The van der Waals surface area contributed by atoms with Gasteiger partial charge in [-0.25, -0.2) is 0 Å². The van der Waals surface area contributed by atoms with Gasteiger partial charge < -0.3 is 15.0 Å². The van der Waals surface area contributed by atoms with Crippen molar-refractivity contribution >= 4 is 11.6 Å². The third kappa shape index (κ3) is 2.52. The lowest BCUT2D eigenvalue weighted by molar-refractivity contribution is -0.123. The zero-order valence-corrected chi connectivity index (χ0v) is 12.2. The number of aryl methyl sites for hydroxylation is 1. The topological polar surface area (TPSA) is 41.6 Å². The first-order valence-corrected chi connectivity index (χ1v) is 7.44. The van der Waals surface area contributed by atoms with E-state index in [1.807, 2.05) is 36.9 Å². The average Bonchev–Trinajstić information content (AvgIpc) is 2.46. The van der Waals surface area contributed by atoms with Crippen molar-refractivity contribution in [3.63, 3.8) is 0 Å². The van der Waals surface area contributed by atoms with Crippen molar-refractivity contribution in [2.45, 2.75) is 32.8 Å². The van der Waals surface area contributed by atoms with Crippen LogP contribution in [0.5, 0.6) is 5.75 Å². The van der Waals surface area contributed by atoms with Gasteiger partial charge in [-0.05, 0) is 57.5 Å². The van der Waals surface area contributed by atoms with Gasteiger partial charge in [0.2, 0.25) is 5.91 Å². The smallest absolute Gasteiger partial charge is 0.230 e. The Kier molecular flexibility index (Phi) is 3.66. The van der Waals surface area contributed by atoms with E-state index in [1.54, 1.807) is 0 Å². The van der Waals surface area contributed by atoms with Gasteiger partial charge in [-0.3, -0.25) is 4.79 Å². The summed E-state index contributed by atoms with van der Waals surface area (Å²) >= 11 is 0. The molecule has 0 radical (unpaired) electrons. The highest BCUT2D eigenvalue weighted by Gasteiger charge is 2.32. The van der Waals surface area contributed by atoms with E-state index in [2.05, 4.69) is 5.32 Å². The van der Waals surface area contributed by atoms with Crippen LogP contribution >= 0.6 is 0 Å². The summed E-state index contributed by atoms with van der Waals surface area (Å²) in [6.45, 7) is 6.60. The van der Waals surface area contributed by atoms with Gasteiger partial charge in [0.25, 0.3) is 0 Å². The van der Waals surface area contributed by atoms with E-state index >= 15 is 0 Å². The molecule has 0 bridgehead atoms. The highest BCUT2D eigenvalue weighted by Crippen LogP contribution is 2.35. The molecular weight excluding hydrogens is 252 g/mol. The lowest BCUT2D eigenvalue weighted by Gasteiger charge is -2.36. The Morgan fingerprint density at radius 2 is 2.10 bits per heavy atom. The number of benzene rings is 1. The van der Waals surface area contributed by atoms with Crippen LogP contribution in [0.2, 0.25) is 0 Å². The van der Waals surface area contributed by atoms with Crippen molar-refractivity contribution in [2.75, 3.05) is 24.5 Å². The summed E-state index contributed by atoms with van der Waals surface area (Å²) in [6, 6.07) is 6.07. The van der Waals surface area contributed by atoms with Gasteiger partial charge in [0, 0.05) is 5.92 Å². The molecule has 4 heteroatoms. The van der Waals surface area contributed by atoms with Crippen LogP contribution in [0, 0.1) is 12.8 Å². The number of nitrogens with one attached hydrogen (secondary N) is 1. The SMILES string of the molecule is Cc1ccc2c(c1)O[C@H](C)CN2C(=O)C1CCNCC1. The number of rotatable bonds is 1. The van der Waals surface area contributed by atoms with Gasteiger partial charge in [-0.1, -0.05) is 6.07 Å². The summed E-state index contributed by atoms with van der Waals surface area (Å²) in [7, 11) is 0. The molecule has 1 amide bonds. The van der Waals surface area contributed by atoms with Crippen molar-refractivity contribution in [2.24, 2.45) is 5.92 Å². The van der Waals surface area contributed by atoms with E-state index in [9.17, 15) is 4.79 Å². The number of nitrogens with zero attached hydrogens (tertiary/aromatic N) is 1. The summed E-state index contributed by atoms with van der Waals surface area (Å²) in [5.41, 5.74) is 2.09. The van der Waals surface area contributed by atoms with Crippen LogP contribution in [0.1, 0.15) is 25.3 Å². The van der Waals surface area contributed by atoms with E-state index in [-0.39, 0.29) is 17.9 Å². The van der Waals surface area contributed by atoms with Crippen molar-refractivity contribution in [3.05, 3.63) is 23.8 Å². The minimum atomic E-state index is 0.0509. The van der Waals surface area contributed by atoms with Crippen LogP contribution in [0.25, 0.3) is 0 Å². The third-order valence-corrected chi connectivity index (χ3v) is 4.13. The zero-order valence-electron chi connectivity index (χ0n) is 12.2. The normalized spacial score (nSPS) is 23.1. The standard InChI is InChI=1S/C16H22N2O2/c1-11-3-4-14-15(9-11)20-12(2)10-18(14)16(19)13-5-7-17-8-6-13/h3-4,9,12-13,17H,5-8,10H2,1-2H3/t12-/m1/s1. The number of anilines is 1. The predicted octanol–water partition coefficient (Wildman–Crippen LogP) is 2.11. The lowest BCUT2D eigenvalue weighted by Crippen LogP contribution is -2.47. The van der Waals surface area contributed by atoms with E-state index in [0.29, 0.717) is 6.54 Å². The number of carbonyl (C=O) groups is 1. The third-order valence-electron chi connectivity index (χ3n) is 4.13. The number of ether oxygens (including phenoxy) is 1. The van der Waals surface area contributed by atoms with Gasteiger partial charge >= 0.3 is 0 Å². The Morgan fingerprint density at radius 3 is 2.85 bits per heavy atom. The van der Waals surface area contributed by atoms with Gasteiger partial charge in [-0.15, -0.1) is 0 Å². The van der Waals surface area contributed by atoms with Crippen molar-refractivity contribution in [1.82, 2.24) is 5.32 Å². The van der Waals surface area contributed by atoms with Crippen LogP contribution < -0.4 is 15.0 Å². The molecule has 0 spiro atoms. The van der Waals surface area contributed by atoms with E-state index in [1.165, 1.54) is 0 Å². The number of carbonyl (C=O) groups excluding carboxylic acids is 1. The first kappa shape index (κ1) is 13.4. The average molecular weight is 274 g/mol. The molecule has 20 heavy (non-hydrogen) atoms. The van der Waals surface area contributed by atoms with Crippen LogP contribution in [-0.2, 0) is 4.79 Å². The summed E-state index contributed by atoms with van der Waals surface area (Å²) in [4.78, 5) is 14.7. The maximum Gasteiger partial charge on any atom is 0.230 e. The van der Waals surface area contributed by atoms with E-state index in [4.69, 9.17) is 4.74 Å².